The summed E-state index contributed by atoms with van der Waals surface area (Å²) in [5.74, 6) is 1.68. The van der Waals surface area contributed by atoms with Crippen molar-refractivity contribution in [3.05, 3.63) is 16.5 Å². The molecule has 0 aliphatic heterocycles. The van der Waals surface area contributed by atoms with Crippen LogP contribution in [0.5, 0.6) is 0 Å². The monoisotopic (exact) mass is 281 g/mol. The summed E-state index contributed by atoms with van der Waals surface area (Å²) >= 11 is 6.23. The zero-order valence-electron chi connectivity index (χ0n) is 12.6. The average molecular weight is 282 g/mol. The van der Waals surface area contributed by atoms with E-state index in [0.29, 0.717) is 10.6 Å². The summed E-state index contributed by atoms with van der Waals surface area (Å²) in [6.45, 7) is 11.6. The van der Waals surface area contributed by atoms with E-state index in [1.807, 2.05) is 6.92 Å². The fourth-order valence-corrected chi connectivity index (χ4v) is 2.42. The predicted octanol–water partition coefficient (Wildman–Crippen LogP) is 4.34. The molecule has 0 spiro atoms. The minimum Gasteiger partial charge on any atom is -0.369 e. The van der Waals surface area contributed by atoms with Gasteiger partial charge in [-0.05, 0) is 25.2 Å². The number of nitrogens with one attached hydrogen (secondary N) is 1. The molecule has 0 bridgehead atoms. The first-order valence-electron chi connectivity index (χ1n) is 7.00. The zero-order valence-corrected chi connectivity index (χ0v) is 13.4. The van der Waals surface area contributed by atoms with Crippen molar-refractivity contribution in [2.75, 3.05) is 11.9 Å². The van der Waals surface area contributed by atoms with Crippen molar-refractivity contribution in [3.8, 4) is 0 Å². The van der Waals surface area contributed by atoms with Crippen molar-refractivity contribution < 1.29 is 0 Å². The number of rotatable bonds is 3. The fraction of sp³-hybridized carbons (Fsp3) is 0.733. The third-order valence-corrected chi connectivity index (χ3v) is 4.37. The largest absolute Gasteiger partial charge is 0.369 e. The molecule has 106 valence electrons. The maximum atomic E-state index is 6.23. The second-order valence-electron chi connectivity index (χ2n) is 7.08. The van der Waals surface area contributed by atoms with Crippen LogP contribution in [-0.4, -0.2) is 16.5 Å². The van der Waals surface area contributed by atoms with Gasteiger partial charge in [0.1, 0.15) is 16.8 Å². The van der Waals surface area contributed by atoms with Crippen LogP contribution in [0.1, 0.15) is 58.3 Å². The van der Waals surface area contributed by atoms with Gasteiger partial charge in [-0.2, -0.15) is 0 Å². The van der Waals surface area contributed by atoms with Crippen molar-refractivity contribution in [1.29, 1.82) is 0 Å². The van der Waals surface area contributed by atoms with Gasteiger partial charge >= 0.3 is 0 Å². The molecule has 0 atom stereocenters. The first-order chi connectivity index (χ1) is 8.71. The third kappa shape index (κ3) is 3.19. The molecule has 3 nitrogen and oxygen atoms in total. The fourth-order valence-electron chi connectivity index (χ4n) is 2.25. The van der Waals surface area contributed by atoms with Crippen molar-refractivity contribution in [1.82, 2.24) is 9.97 Å². The summed E-state index contributed by atoms with van der Waals surface area (Å²) in [6, 6.07) is 0. The lowest BCUT2D eigenvalue weighted by molar-refractivity contribution is 0.179. The van der Waals surface area contributed by atoms with Crippen LogP contribution in [0, 0.1) is 12.3 Å². The second-order valence-corrected chi connectivity index (χ2v) is 7.44. The van der Waals surface area contributed by atoms with Gasteiger partial charge in [0.25, 0.3) is 0 Å². The Labute approximate surface area is 121 Å². The molecule has 1 aromatic heterocycles. The lowest BCUT2D eigenvalue weighted by atomic mass is 9.70. The molecule has 0 aromatic carbocycles. The minimum absolute atomic E-state index is 0.0891. The number of aromatic nitrogens is 2. The Bertz CT molecular complexity index is 473. The zero-order chi connectivity index (χ0) is 14.3. The van der Waals surface area contributed by atoms with Gasteiger partial charge in [-0.15, -0.1) is 0 Å². The van der Waals surface area contributed by atoms with Gasteiger partial charge in [0.2, 0.25) is 0 Å². The lowest BCUT2D eigenvalue weighted by Gasteiger charge is -2.38. The molecule has 1 N–H and O–H groups in total. The molecule has 1 aliphatic carbocycles. The highest BCUT2D eigenvalue weighted by atomic mass is 35.5. The smallest absolute Gasteiger partial charge is 0.137 e. The molecule has 2 rings (SSSR count). The molecular weight excluding hydrogens is 258 g/mol. The SMILES string of the molecule is Cc1c(Cl)nc(C(C)(C)C)nc1NCC1(C)CCC1. The van der Waals surface area contributed by atoms with Crippen molar-refractivity contribution in [2.45, 2.75) is 59.3 Å². The molecule has 0 amide bonds. The van der Waals surface area contributed by atoms with Crippen LogP contribution in [0.4, 0.5) is 5.82 Å². The third-order valence-electron chi connectivity index (χ3n) is 4.00. The van der Waals surface area contributed by atoms with E-state index in [4.69, 9.17) is 11.6 Å². The van der Waals surface area contributed by atoms with E-state index in [1.54, 1.807) is 0 Å². The summed E-state index contributed by atoms with van der Waals surface area (Å²) in [6.07, 6.45) is 3.93. The van der Waals surface area contributed by atoms with Crippen LogP contribution >= 0.6 is 11.6 Å². The molecule has 19 heavy (non-hydrogen) atoms. The molecule has 1 aromatic rings. The first-order valence-corrected chi connectivity index (χ1v) is 7.38. The van der Waals surface area contributed by atoms with Crippen molar-refractivity contribution in [3.63, 3.8) is 0 Å². The normalized spacial score (nSPS) is 18.0. The van der Waals surface area contributed by atoms with Gasteiger partial charge in [-0.1, -0.05) is 45.7 Å². The Morgan fingerprint density at radius 3 is 2.37 bits per heavy atom. The van der Waals surface area contributed by atoms with Gasteiger partial charge in [0.15, 0.2) is 0 Å². The van der Waals surface area contributed by atoms with E-state index in [0.717, 1.165) is 23.8 Å². The lowest BCUT2D eigenvalue weighted by Crippen LogP contribution is -2.34. The molecule has 4 heteroatoms. The Balaban J connectivity index is 2.21. The molecule has 1 saturated carbocycles. The highest BCUT2D eigenvalue weighted by molar-refractivity contribution is 6.30. The van der Waals surface area contributed by atoms with Gasteiger partial charge < -0.3 is 5.32 Å². The van der Waals surface area contributed by atoms with Gasteiger partial charge in [-0.3, -0.25) is 0 Å². The number of nitrogens with zero attached hydrogens (tertiary/aromatic N) is 2. The molecule has 0 saturated heterocycles. The van der Waals surface area contributed by atoms with E-state index in [9.17, 15) is 0 Å². The maximum Gasteiger partial charge on any atom is 0.137 e. The summed E-state index contributed by atoms with van der Waals surface area (Å²) in [4.78, 5) is 9.06. The van der Waals surface area contributed by atoms with E-state index >= 15 is 0 Å². The molecule has 1 aliphatic rings. The van der Waals surface area contributed by atoms with E-state index in [2.05, 4.69) is 43.0 Å². The van der Waals surface area contributed by atoms with Crippen molar-refractivity contribution >= 4 is 17.4 Å². The maximum absolute atomic E-state index is 6.23. The van der Waals surface area contributed by atoms with Gasteiger partial charge in [0, 0.05) is 17.5 Å². The quantitative estimate of drug-likeness (QED) is 0.838. The highest BCUT2D eigenvalue weighted by Gasteiger charge is 2.31. The van der Waals surface area contributed by atoms with Crippen LogP contribution in [0.25, 0.3) is 0 Å². The van der Waals surface area contributed by atoms with Crippen molar-refractivity contribution in [2.24, 2.45) is 5.41 Å². The van der Waals surface area contributed by atoms with E-state index < -0.39 is 0 Å². The van der Waals surface area contributed by atoms with E-state index in [-0.39, 0.29) is 5.41 Å². The van der Waals surface area contributed by atoms with Gasteiger partial charge in [-0.25, -0.2) is 9.97 Å². The highest BCUT2D eigenvalue weighted by Crippen LogP contribution is 2.40. The van der Waals surface area contributed by atoms with Crippen LogP contribution in [-0.2, 0) is 5.41 Å². The molecule has 0 unspecified atom stereocenters. The van der Waals surface area contributed by atoms with Gasteiger partial charge in [0.05, 0.1) is 0 Å². The summed E-state index contributed by atoms with van der Waals surface area (Å²) in [7, 11) is 0. The minimum atomic E-state index is -0.0891. The van der Waals surface area contributed by atoms with Crippen LogP contribution in [0.2, 0.25) is 5.15 Å². The number of anilines is 1. The second kappa shape index (κ2) is 4.93. The number of hydrogen-bond acceptors (Lipinski definition) is 3. The first kappa shape index (κ1) is 14.6. The Morgan fingerprint density at radius 1 is 1.26 bits per heavy atom. The van der Waals surface area contributed by atoms with Crippen LogP contribution < -0.4 is 5.32 Å². The standard InChI is InChI=1S/C15H24ClN3/c1-10-11(16)18-13(14(2,3)4)19-12(10)17-9-15(5)7-6-8-15/h6-9H2,1-5H3,(H,17,18,19). The molecule has 1 heterocycles. The summed E-state index contributed by atoms with van der Waals surface area (Å²) in [5.41, 5.74) is 1.28. The molecule has 0 radical (unpaired) electrons. The predicted molar refractivity (Wildman–Crippen MR) is 80.9 cm³/mol. The Morgan fingerprint density at radius 2 is 1.89 bits per heavy atom. The molecule has 1 fully saturated rings. The number of halogens is 1. The van der Waals surface area contributed by atoms with Crippen LogP contribution in [0.3, 0.4) is 0 Å². The summed E-state index contributed by atoms with van der Waals surface area (Å²) in [5, 5.41) is 4.03. The Hall–Kier alpha value is -0.830. The topological polar surface area (TPSA) is 37.8 Å². The number of hydrogen-bond donors (Lipinski definition) is 1. The summed E-state index contributed by atoms with van der Waals surface area (Å²) < 4.78 is 0. The van der Waals surface area contributed by atoms with E-state index in [1.165, 1.54) is 19.3 Å². The average Bonchev–Trinajstić information content (AvgIpc) is 2.27. The van der Waals surface area contributed by atoms with Crippen LogP contribution in [0.15, 0.2) is 0 Å². The Kier molecular flexibility index (Phi) is 3.78. The molecular formula is C15H24ClN3.